The second-order valence-corrected chi connectivity index (χ2v) is 6.97. The first-order valence-corrected chi connectivity index (χ1v) is 8.27. The molecule has 5 nitrogen and oxygen atoms in total. The number of ether oxygens (including phenoxy) is 1. The van der Waals surface area contributed by atoms with Gasteiger partial charge in [0.25, 0.3) is 5.56 Å². The van der Waals surface area contributed by atoms with Crippen LogP contribution < -0.4 is 5.56 Å². The maximum absolute atomic E-state index is 12.4. The Bertz CT molecular complexity index is 562. The van der Waals surface area contributed by atoms with Gasteiger partial charge in [-0.2, -0.15) is 0 Å². The zero-order valence-electron chi connectivity index (χ0n) is 15.2. The lowest BCUT2D eigenvalue weighted by Gasteiger charge is -2.22. The highest BCUT2D eigenvalue weighted by Crippen LogP contribution is 2.19. The molecule has 23 heavy (non-hydrogen) atoms. The third-order valence-corrected chi connectivity index (χ3v) is 3.50. The average molecular weight is 322 g/mol. The number of hydrogen-bond donors (Lipinski definition) is 0. The normalized spacial score (nSPS) is 12.9. The van der Waals surface area contributed by atoms with Crippen molar-refractivity contribution in [3.05, 3.63) is 34.2 Å². The van der Waals surface area contributed by atoms with Gasteiger partial charge in [-0.15, -0.1) is 0 Å². The molecule has 0 bridgehead atoms. The maximum Gasteiger partial charge on any atom is 0.329 e. The van der Waals surface area contributed by atoms with E-state index >= 15 is 0 Å². The Kier molecular flexibility index (Phi) is 7.49. The fourth-order valence-corrected chi connectivity index (χ4v) is 2.37. The van der Waals surface area contributed by atoms with Crippen LogP contribution >= 0.6 is 0 Å². The zero-order chi connectivity index (χ0) is 17.6. The van der Waals surface area contributed by atoms with Crippen molar-refractivity contribution in [2.75, 3.05) is 20.6 Å². The van der Waals surface area contributed by atoms with E-state index in [1.807, 2.05) is 47.9 Å². The lowest BCUT2D eigenvalue weighted by atomic mass is 10.0. The minimum absolute atomic E-state index is 0.162. The Morgan fingerprint density at radius 2 is 1.87 bits per heavy atom. The van der Waals surface area contributed by atoms with E-state index in [4.69, 9.17) is 4.74 Å². The molecule has 0 aliphatic heterocycles. The molecule has 1 heterocycles. The number of nitrogens with zero attached hydrogens (tertiary/aromatic N) is 2. The topological polar surface area (TPSA) is 51.5 Å². The smallest absolute Gasteiger partial charge is 0.329 e. The van der Waals surface area contributed by atoms with Gasteiger partial charge in [0.2, 0.25) is 0 Å². The van der Waals surface area contributed by atoms with Gasteiger partial charge in [-0.05, 0) is 52.3 Å². The summed E-state index contributed by atoms with van der Waals surface area (Å²) in [7, 11) is 4.02. The molecule has 0 aromatic carbocycles. The van der Waals surface area contributed by atoms with Crippen LogP contribution in [0.25, 0.3) is 0 Å². The first-order chi connectivity index (χ1) is 10.7. The van der Waals surface area contributed by atoms with Gasteiger partial charge in [0, 0.05) is 18.8 Å². The summed E-state index contributed by atoms with van der Waals surface area (Å²) < 4.78 is 6.89. The molecule has 0 amide bonds. The van der Waals surface area contributed by atoms with Crippen LogP contribution in [-0.2, 0) is 16.0 Å². The molecular weight excluding hydrogens is 292 g/mol. The van der Waals surface area contributed by atoms with Crippen molar-refractivity contribution in [2.24, 2.45) is 5.92 Å². The second-order valence-electron chi connectivity index (χ2n) is 6.97. The highest BCUT2D eigenvalue weighted by molar-refractivity contribution is 5.74. The summed E-state index contributed by atoms with van der Waals surface area (Å²) in [5, 5.41) is 0. The average Bonchev–Trinajstić information content (AvgIpc) is 2.43. The Morgan fingerprint density at radius 1 is 1.22 bits per heavy atom. The molecule has 0 saturated carbocycles. The molecule has 0 saturated heterocycles. The van der Waals surface area contributed by atoms with Crippen molar-refractivity contribution in [1.29, 1.82) is 0 Å². The number of hydrogen-bond acceptors (Lipinski definition) is 4. The van der Waals surface area contributed by atoms with Gasteiger partial charge < -0.3 is 14.2 Å². The van der Waals surface area contributed by atoms with Gasteiger partial charge >= 0.3 is 5.97 Å². The predicted molar refractivity (Wildman–Crippen MR) is 92.7 cm³/mol. The molecule has 1 aromatic heterocycles. The maximum atomic E-state index is 12.4. The largest absolute Gasteiger partial charge is 0.461 e. The van der Waals surface area contributed by atoms with Crippen LogP contribution in [0.5, 0.6) is 0 Å². The molecule has 1 aromatic rings. The van der Waals surface area contributed by atoms with Crippen LogP contribution in [-0.4, -0.2) is 42.2 Å². The molecule has 1 unspecified atom stereocenters. The van der Waals surface area contributed by atoms with Crippen molar-refractivity contribution >= 4 is 5.97 Å². The standard InChI is InChI=1S/C18H30N2O3/c1-13(2)11-16(18(22)23-14(3)4)20-12-15(7-8-17(20)21)9-10-19(5)6/h7-8,12-14,16H,9-11H2,1-6H3. The molecule has 1 rings (SSSR count). The summed E-state index contributed by atoms with van der Waals surface area (Å²) in [5.74, 6) is -0.0439. The van der Waals surface area contributed by atoms with Crippen LogP contribution in [0, 0.1) is 5.92 Å². The lowest BCUT2D eigenvalue weighted by molar-refractivity contribution is -0.152. The van der Waals surface area contributed by atoms with Gasteiger partial charge in [0.1, 0.15) is 6.04 Å². The fourth-order valence-electron chi connectivity index (χ4n) is 2.37. The number of pyridine rings is 1. The first-order valence-electron chi connectivity index (χ1n) is 8.27. The van der Waals surface area contributed by atoms with Crippen LogP contribution in [0.3, 0.4) is 0 Å². The predicted octanol–water partition coefficient (Wildman–Crippen LogP) is 2.49. The number of carbonyl (C=O) groups excluding carboxylic acids is 1. The third kappa shape index (κ3) is 6.57. The molecular formula is C18H30N2O3. The molecule has 0 radical (unpaired) electrons. The SMILES string of the molecule is CC(C)CC(C(=O)OC(C)C)n1cc(CCN(C)C)ccc1=O. The molecule has 5 heteroatoms. The summed E-state index contributed by atoms with van der Waals surface area (Å²) in [6.45, 7) is 8.61. The molecule has 0 N–H and O–H groups in total. The highest BCUT2D eigenvalue weighted by Gasteiger charge is 2.25. The van der Waals surface area contributed by atoms with E-state index in [1.54, 1.807) is 12.3 Å². The van der Waals surface area contributed by atoms with Crippen molar-refractivity contribution in [3.63, 3.8) is 0 Å². The molecule has 0 fully saturated rings. The second kappa shape index (κ2) is 8.87. The Balaban J connectivity index is 3.10. The van der Waals surface area contributed by atoms with E-state index < -0.39 is 6.04 Å². The molecule has 0 spiro atoms. The van der Waals surface area contributed by atoms with Gasteiger partial charge in [-0.3, -0.25) is 4.79 Å². The highest BCUT2D eigenvalue weighted by atomic mass is 16.5. The number of rotatable bonds is 8. The van der Waals surface area contributed by atoms with Crippen LogP contribution in [0.15, 0.2) is 23.1 Å². The number of esters is 1. The van der Waals surface area contributed by atoms with Gasteiger partial charge in [-0.1, -0.05) is 19.9 Å². The summed E-state index contributed by atoms with van der Waals surface area (Å²) in [6.07, 6.45) is 3.04. The monoisotopic (exact) mass is 322 g/mol. The lowest BCUT2D eigenvalue weighted by Crippen LogP contribution is -2.33. The van der Waals surface area contributed by atoms with Crippen molar-refractivity contribution in [1.82, 2.24) is 9.47 Å². The Labute approximate surface area is 139 Å². The minimum atomic E-state index is -0.566. The first kappa shape index (κ1) is 19.4. The summed E-state index contributed by atoms with van der Waals surface area (Å²) in [5.41, 5.74) is 0.884. The van der Waals surface area contributed by atoms with E-state index in [0.717, 1.165) is 18.5 Å². The molecule has 1 atom stereocenters. The van der Waals surface area contributed by atoms with Crippen molar-refractivity contribution < 1.29 is 9.53 Å². The minimum Gasteiger partial charge on any atom is -0.461 e. The molecule has 0 aliphatic carbocycles. The summed E-state index contributed by atoms with van der Waals surface area (Å²) in [6, 6.07) is 2.81. The number of aromatic nitrogens is 1. The quantitative estimate of drug-likeness (QED) is 0.690. The molecule has 130 valence electrons. The number of carbonyl (C=O) groups is 1. The van der Waals surface area contributed by atoms with E-state index in [-0.39, 0.29) is 23.6 Å². The van der Waals surface area contributed by atoms with E-state index in [9.17, 15) is 9.59 Å². The summed E-state index contributed by atoms with van der Waals surface area (Å²) >= 11 is 0. The van der Waals surface area contributed by atoms with Crippen LogP contribution in [0.4, 0.5) is 0 Å². The zero-order valence-corrected chi connectivity index (χ0v) is 15.2. The van der Waals surface area contributed by atoms with Crippen LogP contribution in [0.2, 0.25) is 0 Å². The van der Waals surface area contributed by atoms with Crippen molar-refractivity contribution in [3.8, 4) is 0 Å². The number of likely N-dealkylation sites (N-methyl/N-ethyl adjacent to an activating group) is 1. The Hall–Kier alpha value is -1.62. The third-order valence-electron chi connectivity index (χ3n) is 3.50. The van der Waals surface area contributed by atoms with E-state index in [0.29, 0.717) is 6.42 Å². The van der Waals surface area contributed by atoms with Gasteiger partial charge in [0.15, 0.2) is 0 Å². The van der Waals surface area contributed by atoms with Crippen LogP contribution in [0.1, 0.15) is 45.7 Å². The van der Waals surface area contributed by atoms with Crippen molar-refractivity contribution in [2.45, 2.75) is 52.7 Å². The van der Waals surface area contributed by atoms with Gasteiger partial charge in [-0.25, -0.2) is 4.79 Å². The fraction of sp³-hybridized carbons (Fsp3) is 0.667. The molecule has 0 aliphatic rings. The van der Waals surface area contributed by atoms with E-state index in [2.05, 4.69) is 4.90 Å². The Morgan fingerprint density at radius 3 is 2.39 bits per heavy atom. The summed E-state index contributed by atoms with van der Waals surface area (Å²) in [4.78, 5) is 26.8. The van der Waals surface area contributed by atoms with E-state index in [1.165, 1.54) is 4.57 Å². The van der Waals surface area contributed by atoms with Gasteiger partial charge in [0.05, 0.1) is 6.10 Å².